The maximum absolute atomic E-state index is 12.5. The summed E-state index contributed by atoms with van der Waals surface area (Å²) in [6, 6.07) is 0.175. The number of carbonyl (C=O) groups excluding carboxylic acids is 2. The summed E-state index contributed by atoms with van der Waals surface area (Å²) < 4.78 is 10.0. The molecule has 0 radical (unpaired) electrons. The number of aromatic nitrogens is 1. The minimum atomic E-state index is -0.231. The van der Waals surface area contributed by atoms with Gasteiger partial charge >= 0.3 is 6.09 Å². The van der Waals surface area contributed by atoms with Gasteiger partial charge in [-0.25, -0.2) is 4.79 Å². The van der Waals surface area contributed by atoms with Gasteiger partial charge in [-0.05, 0) is 26.7 Å². The van der Waals surface area contributed by atoms with Gasteiger partial charge in [0, 0.05) is 19.1 Å². The second-order valence-corrected chi connectivity index (χ2v) is 5.53. The van der Waals surface area contributed by atoms with Crippen molar-refractivity contribution >= 4 is 12.0 Å². The Labute approximate surface area is 122 Å². The van der Waals surface area contributed by atoms with Crippen molar-refractivity contribution in [2.75, 3.05) is 26.2 Å². The molecule has 0 aliphatic carbocycles. The lowest BCUT2D eigenvalue weighted by Crippen LogP contribution is -2.47. The van der Waals surface area contributed by atoms with Gasteiger partial charge < -0.3 is 19.1 Å². The molecule has 0 bridgehead atoms. The molecule has 0 N–H and O–H groups in total. The highest BCUT2D eigenvalue weighted by molar-refractivity contribution is 5.96. The van der Waals surface area contributed by atoms with Gasteiger partial charge in [0.1, 0.15) is 17.9 Å². The first-order valence-corrected chi connectivity index (χ1v) is 7.23. The van der Waals surface area contributed by atoms with Gasteiger partial charge in [-0.15, -0.1) is 0 Å². The SMILES string of the molecule is Cc1noc(C)c1C(=O)N1CCC(N2CCOC2=O)CC1. The first-order valence-electron chi connectivity index (χ1n) is 7.23. The fourth-order valence-electron chi connectivity index (χ4n) is 3.06. The van der Waals surface area contributed by atoms with Gasteiger partial charge in [0.05, 0.1) is 12.2 Å². The van der Waals surface area contributed by atoms with E-state index in [1.165, 1.54) is 0 Å². The van der Waals surface area contributed by atoms with Gasteiger partial charge in [0.25, 0.3) is 5.91 Å². The van der Waals surface area contributed by atoms with Crippen LogP contribution in [0.1, 0.15) is 34.7 Å². The Morgan fingerprint density at radius 3 is 2.48 bits per heavy atom. The van der Waals surface area contributed by atoms with Crippen molar-refractivity contribution in [1.29, 1.82) is 0 Å². The van der Waals surface area contributed by atoms with Gasteiger partial charge in [-0.2, -0.15) is 0 Å². The molecule has 1 aromatic heterocycles. The molecule has 21 heavy (non-hydrogen) atoms. The fraction of sp³-hybridized carbons (Fsp3) is 0.643. The van der Waals surface area contributed by atoms with Crippen LogP contribution in [0.2, 0.25) is 0 Å². The molecule has 0 atom stereocenters. The molecule has 1 aromatic rings. The molecule has 2 fully saturated rings. The lowest BCUT2D eigenvalue weighted by molar-refractivity contribution is 0.0656. The lowest BCUT2D eigenvalue weighted by Gasteiger charge is -2.35. The lowest BCUT2D eigenvalue weighted by atomic mass is 10.0. The van der Waals surface area contributed by atoms with Crippen LogP contribution in [0.25, 0.3) is 0 Å². The van der Waals surface area contributed by atoms with Crippen LogP contribution in [0.5, 0.6) is 0 Å². The molecule has 114 valence electrons. The molecule has 0 spiro atoms. The number of piperidine rings is 1. The predicted octanol–water partition coefficient (Wildman–Crippen LogP) is 1.35. The third kappa shape index (κ3) is 2.48. The highest BCUT2D eigenvalue weighted by Crippen LogP contribution is 2.23. The maximum atomic E-state index is 12.5. The van der Waals surface area contributed by atoms with Crippen molar-refractivity contribution in [2.45, 2.75) is 32.7 Å². The maximum Gasteiger partial charge on any atom is 0.410 e. The molecule has 0 aromatic carbocycles. The number of ether oxygens (including phenoxy) is 1. The molecule has 2 aliphatic rings. The summed E-state index contributed by atoms with van der Waals surface area (Å²) in [5, 5.41) is 3.83. The highest BCUT2D eigenvalue weighted by atomic mass is 16.6. The van der Waals surface area contributed by atoms with Crippen LogP contribution in [0.3, 0.4) is 0 Å². The molecular formula is C14H19N3O4. The molecule has 0 unspecified atom stereocenters. The topological polar surface area (TPSA) is 75.9 Å². The van der Waals surface area contributed by atoms with E-state index in [1.807, 2.05) is 4.90 Å². The van der Waals surface area contributed by atoms with Gasteiger partial charge in [0.2, 0.25) is 0 Å². The summed E-state index contributed by atoms with van der Waals surface area (Å²) in [7, 11) is 0. The normalized spacial score (nSPS) is 20.0. The van der Waals surface area contributed by atoms with Crippen molar-refractivity contribution in [1.82, 2.24) is 15.0 Å². The van der Waals surface area contributed by atoms with E-state index in [1.54, 1.807) is 18.7 Å². The molecule has 0 saturated carbocycles. The summed E-state index contributed by atoms with van der Waals surface area (Å²) in [6.45, 7) is 5.92. The summed E-state index contributed by atoms with van der Waals surface area (Å²) in [5.41, 5.74) is 1.19. The van der Waals surface area contributed by atoms with Crippen LogP contribution in [0.15, 0.2) is 4.52 Å². The summed E-state index contributed by atoms with van der Waals surface area (Å²) in [5.74, 6) is 0.524. The third-order valence-electron chi connectivity index (χ3n) is 4.23. The Hall–Kier alpha value is -2.05. The van der Waals surface area contributed by atoms with Gasteiger partial charge in [-0.1, -0.05) is 5.16 Å². The van der Waals surface area contributed by atoms with Crippen molar-refractivity contribution in [2.24, 2.45) is 0 Å². The number of nitrogens with zero attached hydrogens (tertiary/aromatic N) is 3. The molecule has 7 nitrogen and oxygen atoms in total. The summed E-state index contributed by atoms with van der Waals surface area (Å²) in [6.07, 6.45) is 1.33. The van der Waals surface area contributed by atoms with Gasteiger partial charge in [0.15, 0.2) is 0 Å². The molecule has 2 amide bonds. The number of rotatable bonds is 2. The van der Waals surface area contributed by atoms with Crippen molar-refractivity contribution in [3.05, 3.63) is 17.0 Å². The van der Waals surface area contributed by atoms with Crippen molar-refractivity contribution in [3.8, 4) is 0 Å². The minimum Gasteiger partial charge on any atom is -0.448 e. The quantitative estimate of drug-likeness (QED) is 0.822. The van der Waals surface area contributed by atoms with E-state index in [9.17, 15) is 9.59 Å². The average molecular weight is 293 g/mol. The van der Waals surface area contributed by atoms with Crippen LogP contribution in [0, 0.1) is 13.8 Å². The summed E-state index contributed by atoms with van der Waals surface area (Å²) >= 11 is 0. The van der Waals surface area contributed by atoms with E-state index < -0.39 is 0 Å². The van der Waals surface area contributed by atoms with E-state index in [0.717, 1.165) is 12.8 Å². The first-order chi connectivity index (χ1) is 10.1. The number of amides is 2. The van der Waals surface area contributed by atoms with Crippen molar-refractivity contribution in [3.63, 3.8) is 0 Å². The average Bonchev–Trinajstić information content (AvgIpc) is 3.05. The van der Waals surface area contributed by atoms with E-state index in [4.69, 9.17) is 9.26 Å². The number of aryl methyl sites for hydroxylation is 2. The van der Waals surface area contributed by atoms with Crippen LogP contribution in [-0.2, 0) is 4.74 Å². The molecule has 3 rings (SSSR count). The molecule has 7 heteroatoms. The number of carbonyl (C=O) groups is 2. The molecular weight excluding hydrogens is 274 g/mol. The van der Waals surface area contributed by atoms with Crippen LogP contribution >= 0.6 is 0 Å². The Morgan fingerprint density at radius 2 is 1.95 bits per heavy atom. The van der Waals surface area contributed by atoms with Crippen LogP contribution < -0.4 is 0 Å². The zero-order valence-corrected chi connectivity index (χ0v) is 12.3. The van der Waals surface area contributed by atoms with E-state index in [2.05, 4.69) is 5.16 Å². The minimum absolute atomic E-state index is 0.0336. The zero-order chi connectivity index (χ0) is 15.0. The number of likely N-dealkylation sites (tertiary alicyclic amines) is 1. The van der Waals surface area contributed by atoms with E-state index in [-0.39, 0.29) is 18.0 Å². The molecule has 2 aliphatic heterocycles. The van der Waals surface area contributed by atoms with Gasteiger partial charge in [-0.3, -0.25) is 4.79 Å². The highest BCUT2D eigenvalue weighted by Gasteiger charge is 2.34. The Balaban J connectivity index is 1.63. The fourth-order valence-corrected chi connectivity index (χ4v) is 3.06. The number of cyclic esters (lactones) is 1. The summed E-state index contributed by atoms with van der Waals surface area (Å²) in [4.78, 5) is 27.7. The number of hydrogen-bond acceptors (Lipinski definition) is 5. The van der Waals surface area contributed by atoms with Crippen LogP contribution in [-0.4, -0.2) is 59.2 Å². The second kappa shape index (κ2) is 5.38. The Morgan fingerprint density at radius 1 is 1.24 bits per heavy atom. The molecule has 2 saturated heterocycles. The van der Waals surface area contributed by atoms with Crippen molar-refractivity contribution < 1.29 is 18.8 Å². The third-order valence-corrected chi connectivity index (χ3v) is 4.23. The predicted molar refractivity (Wildman–Crippen MR) is 73.0 cm³/mol. The standard InChI is InChI=1S/C14H19N3O4/c1-9-12(10(2)21-15-9)13(18)16-5-3-11(4-6-16)17-7-8-20-14(17)19/h11H,3-8H2,1-2H3. The zero-order valence-electron chi connectivity index (χ0n) is 12.3. The first kappa shape index (κ1) is 13.9. The van der Waals surface area contributed by atoms with E-state index >= 15 is 0 Å². The second-order valence-electron chi connectivity index (χ2n) is 5.53. The Bertz CT molecular complexity index is 541. The Kier molecular flexibility index (Phi) is 3.57. The monoisotopic (exact) mass is 293 g/mol. The van der Waals surface area contributed by atoms with E-state index in [0.29, 0.717) is 43.3 Å². The largest absolute Gasteiger partial charge is 0.448 e. The smallest absolute Gasteiger partial charge is 0.410 e. The number of hydrogen-bond donors (Lipinski definition) is 0. The molecule has 3 heterocycles. The van der Waals surface area contributed by atoms with Crippen LogP contribution in [0.4, 0.5) is 4.79 Å².